The second-order valence-electron chi connectivity index (χ2n) is 15.3. The number of anilines is 5. The van der Waals surface area contributed by atoms with Crippen molar-refractivity contribution in [1.82, 2.24) is 34.6 Å². The van der Waals surface area contributed by atoms with E-state index in [2.05, 4.69) is 72.7 Å². The normalized spacial score (nSPS) is 19.4. The fourth-order valence-electron chi connectivity index (χ4n) is 8.84. The van der Waals surface area contributed by atoms with Gasteiger partial charge in [-0.2, -0.15) is 4.98 Å². The van der Waals surface area contributed by atoms with E-state index in [1.807, 2.05) is 48.7 Å². The van der Waals surface area contributed by atoms with Gasteiger partial charge in [0.05, 0.1) is 6.20 Å². The summed E-state index contributed by atoms with van der Waals surface area (Å²) in [5, 5.41) is 9.34. The summed E-state index contributed by atoms with van der Waals surface area (Å²) in [6, 6.07) is 24.7. The minimum absolute atomic E-state index is 0.130. The molecule has 1 atom stereocenters. The molecule has 5 aromatic rings. The van der Waals surface area contributed by atoms with Gasteiger partial charge in [-0.3, -0.25) is 29.2 Å². The molecule has 2 saturated heterocycles. The third-order valence-corrected chi connectivity index (χ3v) is 11.8. The number of hydrogen-bond acceptors (Lipinski definition) is 10. The molecule has 55 heavy (non-hydrogen) atoms. The molecule has 13 heteroatoms. The van der Waals surface area contributed by atoms with Crippen molar-refractivity contribution >= 4 is 57.8 Å². The van der Waals surface area contributed by atoms with Gasteiger partial charge >= 0.3 is 0 Å². The van der Waals surface area contributed by atoms with Crippen LogP contribution < -0.4 is 20.9 Å². The molecule has 0 spiro atoms. The van der Waals surface area contributed by atoms with Crippen LogP contribution in [0, 0.1) is 0 Å². The number of fused-ring (bicyclic) bond motifs is 2. The highest BCUT2D eigenvalue weighted by Gasteiger charge is 2.40. The van der Waals surface area contributed by atoms with Gasteiger partial charge in [-0.1, -0.05) is 43.2 Å². The van der Waals surface area contributed by atoms with Crippen molar-refractivity contribution in [3.05, 3.63) is 95.7 Å². The maximum absolute atomic E-state index is 13.3. The molecule has 2 aromatic heterocycles. The van der Waals surface area contributed by atoms with Gasteiger partial charge in [0.2, 0.25) is 23.7 Å². The van der Waals surface area contributed by atoms with Crippen molar-refractivity contribution in [3.8, 4) is 0 Å². The van der Waals surface area contributed by atoms with Crippen LogP contribution in [0.1, 0.15) is 78.9 Å². The standard InChI is InChI=1S/C42H46N10O3/c1-49(25-27-8-7-13-33-34(27)26-51(40(33)55)36-18-19-37(53)47-39(36)54)30-20-22-50(23-21-30)31-16-14-29(15-17-31)44-41-43-24-35-38(48-41)52(32-11-5-6-12-32)42(46-35)45-28-9-3-2-4-10-28/h2-4,7-10,13-17,24,30,32,36H,5-6,11-12,18-23,25-26H2,1H3,(H,45,46)(H,43,44,48)(H,47,53,54). The molecule has 1 unspecified atom stereocenters. The zero-order valence-electron chi connectivity index (χ0n) is 31.1. The quantitative estimate of drug-likeness (QED) is 0.140. The van der Waals surface area contributed by atoms with E-state index in [1.54, 1.807) is 4.90 Å². The molecule has 4 aliphatic rings. The number of amides is 3. The predicted octanol–water partition coefficient (Wildman–Crippen LogP) is 6.29. The Bertz CT molecular complexity index is 2230. The first-order chi connectivity index (χ1) is 26.9. The average molecular weight is 739 g/mol. The van der Waals surface area contributed by atoms with Gasteiger partial charge in [0.1, 0.15) is 11.6 Å². The number of imide groups is 1. The van der Waals surface area contributed by atoms with E-state index in [0.717, 1.165) is 84.9 Å². The highest BCUT2D eigenvalue weighted by atomic mass is 16.2. The van der Waals surface area contributed by atoms with Gasteiger partial charge in [-0.05, 0) is 92.7 Å². The van der Waals surface area contributed by atoms with Crippen molar-refractivity contribution in [2.75, 3.05) is 35.7 Å². The van der Waals surface area contributed by atoms with E-state index >= 15 is 0 Å². The number of nitrogens with zero attached hydrogens (tertiary/aromatic N) is 7. The summed E-state index contributed by atoms with van der Waals surface area (Å²) in [6.45, 7) is 3.01. The van der Waals surface area contributed by atoms with Crippen LogP contribution in [0.2, 0.25) is 0 Å². The highest BCUT2D eigenvalue weighted by Crippen LogP contribution is 2.36. The number of aromatic nitrogens is 4. The SMILES string of the molecule is CN(Cc1cccc2c1CN(C1CCC(=O)NC1=O)C2=O)C1CCN(c2ccc(Nc3ncc4nc(Nc5ccccc5)n(C5CCCC5)c4n3)cc2)CC1. The third kappa shape index (κ3) is 7.00. The molecular weight excluding hydrogens is 693 g/mol. The molecule has 282 valence electrons. The van der Waals surface area contributed by atoms with Crippen LogP contribution in [-0.4, -0.2) is 79.3 Å². The molecule has 3 N–H and O–H groups in total. The van der Waals surface area contributed by atoms with Crippen LogP contribution in [0.3, 0.4) is 0 Å². The van der Waals surface area contributed by atoms with Crippen LogP contribution in [0.4, 0.5) is 29.0 Å². The number of benzene rings is 3. The van der Waals surface area contributed by atoms with Crippen LogP contribution in [-0.2, 0) is 22.7 Å². The minimum Gasteiger partial charge on any atom is -0.371 e. The van der Waals surface area contributed by atoms with Crippen molar-refractivity contribution in [3.63, 3.8) is 0 Å². The largest absolute Gasteiger partial charge is 0.371 e. The molecule has 3 aliphatic heterocycles. The Morgan fingerprint density at radius 1 is 0.836 bits per heavy atom. The molecule has 3 fully saturated rings. The smallest absolute Gasteiger partial charge is 0.255 e. The van der Waals surface area contributed by atoms with Crippen molar-refractivity contribution in [1.29, 1.82) is 0 Å². The van der Waals surface area contributed by atoms with Crippen molar-refractivity contribution in [2.24, 2.45) is 0 Å². The van der Waals surface area contributed by atoms with Gasteiger partial charge < -0.3 is 20.4 Å². The lowest BCUT2D eigenvalue weighted by molar-refractivity contribution is -0.136. The maximum Gasteiger partial charge on any atom is 0.255 e. The van der Waals surface area contributed by atoms with E-state index in [0.29, 0.717) is 36.6 Å². The highest BCUT2D eigenvalue weighted by molar-refractivity contribution is 6.05. The fourth-order valence-corrected chi connectivity index (χ4v) is 8.84. The summed E-state index contributed by atoms with van der Waals surface area (Å²) >= 11 is 0. The third-order valence-electron chi connectivity index (χ3n) is 11.8. The van der Waals surface area contributed by atoms with Gasteiger partial charge in [-0.25, -0.2) is 9.97 Å². The van der Waals surface area contributed by atoms with Crippen LogP contribution in [0.15, 0.2) is 79.0 Å². The Kier molecular flexibility index (Phi) is 9.38. The van der Waals surface area contributed by atoms with Crippen LogP contribution in [0.5, 0.6) is 0 Å². The Balaban J connectivity index is 0.822. The number of carbonyl (C=O) groups is 3. The van der Waals surface area contributed by atoms with Gasteiger partial charge in [-0.15, -0.1) is 0 Å². The summed E-state index contributed by atoms with van der Waals surface area (Å²) in [5.74, 6) is 0.565. The molecule has 13 nitrogen and oxygen atoms in total. The van der Waals surface area contributed by atoms with Crippen molar-refractivity contribution < 1.29 is 14.4 Å². The first kappa shape index (κ1) is 34.9. The first-order valence-electron chi connectivity index (χ1n) is 19.5. The zero-order valence-corrected chi connectivity index (χ0v) is 31.1. The number of rotatable bonds is 10. The number of carbonyl (C=O) groups excluding carboxylic acids is 3. The van der Waals surface area contributed by atoms with Crippen LogP contribution >= 0.6 is 0 Å². The van der Waals surface area contributed by atoms with E-state index < -0.39 is 6.04 Å². The lowest BCUT2D eigenvalue weighted by Gasteiger charge is -2.38. The Labute approximate surface area is 320 Å². The molecule has 9 rings (SSSR count). The number of imidazole rings is 1. The van der Waals surface area contributed by atoms with E-state index in [-0.39, 0.29) is 24.1 Å². The van der Waals surface area contributed by atoms with Crippen LogP contribution in [0.25, 0.3) is 11.2 Å². The number of para-hydroxylation sites is 1. The van der Waals surface area contributed by atoms with Crippen molar-refractivity contribution in [2.45, 2.75) is 82.6 Å². The number of hydrogen-bond donors (Lipinski definition) is 3. The lowest BCUT2D eigenvalue weighted by Crippen LogP contribution is -2.52. The summed E-state index contributed by atoms with van der Waals surface area (Å²) in [4.78, 5) is 58.5. The molecule has 1 aliphatic carbocycles. The Hall–Kier alpha value is -5.82. The van der Waals surface area contributed by atoms with Gasteiger partial charge in [0.15, 0.2) is 5.65 Å². The Morgan fingerprint density at radius 2 is 1.60 bits per heavy atom. The Morgan fingerprint density at radius 3 is 2.36 bits per heavy atom. The number of piperidine rings is 2. The maximum atomic E-state index is 13.3. The number of nitrogens with one attached hydrogen (secondary N) is 3. The monoisotopic (exact) mass is 738 g/mol. The summed E-state index contributed by atoms with van der Waals surface area (Å²) in [5.41, 5.74) is 7.50. The van der Waals surface area contributed by atoms with Gasteiger partial charge in [0, 0.05) is 67.3 Å². The van der Waals surface area contributed by atoms with E-state index in [1.165, 1.54) is 18.5 Å². The van der Waals surface area contributed by atoms with E-state index in [9.17, 15) is 14.4 Å². The van der Waals surface area contributed by atoms with E-state index in [4.69, 9.17) is 9.97 Å². The fraction of sp³-hybridized carbons (Fsp3) is 0.381. The first-order valence-corrected chi connectivity index (χ1v) is 19.5. The average Bonchev–Trinajstić information content (AvgIpc) is 3.94. The second-order valence-corrected chi connectivity index (χ2v) is 15.3. The summed E-state index contributed by atoms with van der Waals surface area (Å²) in [6.07, 6.45) is 9.11. The lowest BCUT2D eigenvalue weighted by atomic mass is 9.99. The molecule has 0 bridgehead atoms. The minimum atomic E-state index is -0.608. The molecular formula is C42H46N10O3. The van der Waals surface area contributed by atoms with Gasteiger partial charge in [0.25, 0.3) is 5.91 Å². The molecule has 1 saturated carbocycles. The molecule has 3 amide bonds. The summed E-state index contributed by atoms with van der Waals surface area (Å²) < 4.78 is 2.26. The predicted molar refractivity (Wildman–Crippen MR) is 211 cm³/mol. The second kappa shape index (κ2) is 14.8. The zero-order chi connectivity index (χ0) is 37.5. The molecule has 5 heterocycles. The molecule has 0 radical (unpaired) electrons. The topological polar surface area (TPSA) is 141 Å². The summed E-state index contributed by atoms with van der Waals surface area (Å²) in [7, 11) is 2.16. The molecule has 3 aromatic carbocycles.